The van der Waals surface area contributed by atoms with Gasteiger partial charge in [-0.1, -0.05) is 62.5 Å². The molecule has 1 N–H and O–H groups in total. The predicted molar refractivity (Wildman–Crippen MR) is 137 cm³/mol. The Morgan fingerprint density at radius 3 is 2.18 bits per heavy atom. The number of unbranched alkanes of at least 4 members (excludes halogenated alkanes) is 1. The molecule has 182 valence electrons. The molecule has 0 saturated heterocycles. The summed E-state index contributed by atoms with van der Waals surface area (Å²) in [5, 5.41) is 0.971. The van der Waals surface area contributed by atoms with E-state index in [0.717, 1.165) is 35.9 Å². The molecular formula is C24H32Cl2N2O4S. The van der Waals surface area contributed by atoms with Crippen LogP contribution in [0.3, 0.4) is 0 Å². The number of hydrogen-bond donors (Lipinski definition) is 1. The van der Waals surface area contributed by atoms with Crippen molar-refractivity contribution in [1.82, 2.24) is 4.72 Å². The zero-order valence-electron chi connectivity index (χ0n) is 19.7. The van der Waals surface area contributed by atoms with Gasteiger partial charge in [0.15, 0.2) is 11.5 Å². The quantitative estimate of drug-likeness (QED) is 0.401. The van der Waals surface area contributed by atoms with Gasteiger partial charge >= 0.3 is 0 Å². The van der Waals surface area contributed by atoms with Crippen molar-refractivity contribution in [3.8, 4) is 5.75 Å². The number of nitrogens with one attached hydrogen (secondary N) is 1. The van der Waals surface area contributed by atoms with Crippen LogP contribution in [0, 0.1) is 0 Å². The number of hydrogen-bond acceptors (Lipinski definition) is 5. The van der Waals surface area contributed by atoms with Gasteiger partial charge in [0.2, 0.25) is 10.0 Å². The molecule has 0 atom stereocenters. The van der Waals surface area contributed by atoms with Crippen LogP contribution in [-0.2, 0) is 20.2 Å². The summed E-state index contributed by atoms with van der Waals surface area (Å²) in [5.74, 6) is 0.288. The summed E-state index contributed by atoms with van der Waals surface area (Å²) in [7, 11) is -1.61. The number of likely N-dealkylation sites (N-methyl/N-ethyl adjacent to an activating group) is 1. The van der Waals surface area contributed by atoms with Crippen LogP contribution in [0.15, 0.2) is 36.4 Å². The van der Waals surface area contributed by atoms with Gasteiger partial charge in [-0.25, -0.2) is 13.1 Å². The van der Waals surface area contributed by atoms with Gasteiger partial charge in [-0.05, 0) is 41.8 Å². The van der Waals surface area contributed by atoms with Gasteiger partial charge in [0.1, 0.15) is 0 Å². The molecule has 0 aliphatic rings. The maximum Gasteiger partial charge on any atom is 0.209 e. The van der Waals surface area contributed by atoms with E-state index in [2.05, 4.69) is 25.5 Å². The SMILES string of the molecule is CCCCOc1c(Cl)cc(C(C)(C)c2ccc(N(C)CC(=O)CNS(C)(=O)=O)cc2)cc1Cl. The van der Waals surface area contributed by atoms with E-state index in [1.165, 1.54) is 0 Å². The Bertz CT molecular complexity index is 1050. The van der Waals surface area contributed by atoms with Crippen LogP contribution in [0.25, 0.3) is 0 Å². The largest absolute Gasteiger partial charge is 0.490 e. The highest BCUT2D eigenvalue weighted by molar-refractivity contribution is 7.88. The molecule has 0 aliphatic heterocycles. The van der Waals surface area contributed by atoms with Crippen molar-refractivity contribution < 1.29 is 17.9 Å². The minimum Gasteiger partial charge on any atom is -0.490 e. The van der Waals surface area contributed by atoms with Crippen LogP contribution in [0.2, 0.25) is 10.0 Å². The van der Waals surface area contributed by atoms with E-state index in [1.54, 1.807) is 11.9 Å². The van der Waals surface area contributed by atoms with E-state index in [9.17, 15) is 13.2 Å². The predicted octanol–water partition coefficient (Wildman–Crippen LogP) is 5.05. The Morgan fingerprint density at radius 1 is 1.09 bits per heavy atom. The standard InChI is InChI=1S/C24H32Cl2N2O4S/c1-6-7-12-32-23-21(25)13-18(14-22(23)26)24(2,3)17-8-10-19(11-9-17)28(4)16-20(29)15-27-33(5,30)31/h8-11,13-14,27H,6-7,12,15-16H2,1-5H3. The van der Waals surface area contributed by atoms with Gasteiger partial charge in [0, 0.05) is 18.2 Å². The zero-order valence-corrected chi connectivity index (χ0v) is 22.1. The fraction of sp³-hybridized carbons (Fsp3) is 0.458. The summed E-state index contributed by atoms with van der Waals surface area (Å²) >= 11 is 13.0. The normalized spacial score (nSPS) is 12.0. The molecule has 0 amide bonds. The molecule has 2 aromatic rings. The fourth-order valence-corrected chi connectivity index (χ4v) is 4.32. The maximum atomic E-state index is 12.1. The molecule has 0 heterocycles. The van der Waals surface area contributed by atoms with Crippen LogP contribution in [0.1, 0.15) is 44.7 Å². The molecule has 0 spiro atoms. The van der Waals surface area contributed by atoms with Gasteiger partial charge in [0.05, 0.1) is 36.0 Å². The molecule has 9 heteroatoms. The summed E-state index contributed by atoms with van der Waals surface area (Å²) in [6.45, 7) is 6.71. The number of ether oxygens (including phenoxy) is 1. The first kappa shape index (κ1) is 27.4. The summed E-state index contributed by atoms with van der Waals surface area (Å²) in [6.07, 6.45) is 2.98. The number of carbonyl (C=O) groups is 1. The number of ketones is 1. The van der Waals surface area contributed by atoms with E-state index in [1.807, 2.05) is 36.4 Å². The molecule has 0 aromatic heterocycles. The Balaban J connectivity index is 2.15. The second-order valence-electron chi connectivity index (χ2n) is 8.63. The van der Waals surface area contributed by atoms with Crippen molar-refractivity contribution in [2.75, 3.05) is 37.9 Å². The molecule has 0 aliphatic carbocycles. The Labute approximate surface area is 207 Å². The summed E-state index contributed by atoms with van der Waals surface area (Å²) < 4.78 is 30.3. The average molecular weight is 516 g/mol. The molecule has 0 fully saturated rings. The lowest BCUT2D eigenvalue weighted by Gasteiger charge is -2.28. The zero-order chi connectivity index (χ0) is 24.8. The van der Waals surface area contributed by atoms with E-state index >= 15 is 0 Å². The molecule has 0 bridgehead atoms. The first-order valence-corrected chi connectivity index (χ1v) is 13.4. The minimum atomic E-state index is -3.40. The van der Waals surface area contributed by atoms with Gasteiger partial charge in [0.25, 0.3) is 0 Å². The maximum absolute atomic E-state index is 12.1. The molecule has 0 unspecified atom stereocenters. The second kappa shape index (κ2) is 11.6. The Morgan fingerprint density at radius 2 is 1.67 bits per heavy atom. The molecular weight excluding hydrogens is 483 g/mol. The fourth-order valence-electron chi connectivity index (χ4n) is 3.30. The first-order valence-electron chi connectivity index (χ1n) is 10.8. The highest BCUT2D eigenvalue weighted by Gasteiger charge is 2.26. The van der Waals surface area contributed by atoms with Crippen molar-refractivity contribution in [3.05, 3.63) is 57.6 Å². The lowest BCUT2D eigenvalue weighted by atomic mass is 9.78. The first-order chi connectivity index (χ1) is 15.3. The van der Waals surface area contributed by atoms with Crippen LogP contribution < -0.4 is 14.4 Å². The monoisotopic (exact) mass is 514 g/mol. The van der Waals surface area contributed by atoms with Crippen LogP contribution in [0.4, 0.5) is 5.69 Å². The van der Waals surface area contributed by atoms with Gasteiger partial charge in [-0.2, -0.15) is 0 Å². The number of anilines is 1. The lowest BCUT2D eigenvalue weighted by Crippen LogP contribution is -2.35. The average Bonchev–Trinajstić information content (AvgIpc) is 2.73. The van der Waals surface area contributed by atoms with Gasteiger partial charge in [-0.15, -0.1) is 0 Å². The van der Waals surface area contributed by atoms with E-state index < -0.39 is 10.0 Å². The number of benzene rings is 2. The third kappa shape index (κ3) is 7.88. The number of Topliss-reactive ketones (excluding diaryl/α,β-unsaturated/α-hetero) is 1. The molecule has 2 rings (SSSR count). The van der Waals surface area contributed by atoms with E-state index in [4.69, 9.17) is 27.9 Å². The Hall–Kier alpha value is -1.80. The van der Waals surface area contributed by atoms with Crippen molar-refractivity contribution in [1.29, 1.82) is 0 Å². The topological polar surface area (TPSA) is 75.7 Å². The van der Waals surface area contributed by atoms with Crippen molar-refractivity contribution in [2.24, 2.45) is 0 Å². The third-order valence-electron chi connectivity index (χ3n) is 5.44. The van der Waals surface area contributed by atoms with E-state index in [0.29, 0.717) is 22.4 Å². The molecule has 0 radical (unpaired) electrons. The number of nitrogens with zero attached hydrogens (tertiary/aromatic N) is 1. The van der Waals surface area contributed by atoms with Crippen LogP contribution >= 0.6 is 23.2 Å². The lowest BCUT2D eigenvalue weighted by molar-refractivity contribution is -0.116. The number of carbonyl (C=O) groups excluding carboxylic acids is 1. The van der Waals surface area contributed by atoms with Crippen molar-refractivity contribution in [2.45, 2.75) is 39.0 Å². The smallest absolute Gasteiger partial charge is 0.209 e. The van der Waals surface area contributed by atoms with E-state index in [-0.39, 0.29) is 24.3 Å². The van der Waals surface area contributed by atoms with Crippen molar-refractivity contribution >= 4 is 44.7 Å². The highest BCUT2D eigenvalue weighted by Crippen LogP contribution is 2.40. The van der Waals surface area contributed by atoms with Gasteiger partial charge < -0.3 is 9.64 Å². The van der Waals surface area contributed by atoms with Gasteiger partial charge in [-0.3, -0.25) is 4.79 Å². The Kier molecular flexibility index (Phi) is 9.61. The van der Waals surface area contributed by atoms with Crippen LogP contribution in [-0.4, -0.2) is 47.2 Å². The number of halogens is 2. The highest BCUT2D eigenvalue weighted by atomic mass is 35.5. The molecule has 2 aromatic carbocycles. The summed E-state index contributed by atoms with van der Waals surface area (Å²) in [5.41, 5.74) is 2.49. The van der Waals surface area contributed by atoms with Crippen molar-refractivity contribution in [3.63, 3.8) is 0 Å². The minimum absolute atomic E-state index is 0.0932. The second-order valence-corrected chi connectivity index (χ2v) is 11.3. The number of sulfonamides is 1. The summed E-state index contributed by atoms with van der Waals surface area (Å²) in [4.78, 5) is 13.8. The number of rotatable bonds is 12. The third-order valence-corrected chi connectivity index (χ3v) is 6.67. The molecule has 33 heavy (non-hydrogen) atoms. The molecule has 6 nitrogen and oxygen atoms in total. The molecule has 0 saturated carbocycles. The summed E-state index contributed by atoms with van der Waals surface area (Å²) in [6, 6.07) is 11.6. The van der Waals surface area contributed by atoms with Crippen LogP contribution in [0.5, 0.6) is 5.75 Å².